The Hall–Kier alpha value is -0.280. The van der Waals surface area contributed by atoms with Gasteiger partial charge in [-0.3, -0.25) is 4.79 Å². The van der Waals surface area contributed by atoms with Crippen LogP contribution in [0.3, 0.4) is 0 Å². The molecule has 9 heavy (non-hydrogen) atoms. The number of rotatable bonds is 3. The summed E-state index contributed by atoms with van der Waals surface area (Å²) in [5, 5.41) is 11.0. The van der Waals surface area contributed by atoms with E-state index < -0.39 is 5.97 Å². The number of nitrogens with one attached hydrogen (secondary N) is 1. The zero-order valence-electron chi connectivity index (χ0n) is 5.55. The smallest absolute Gasteiger partial charge is 0.304 e. The maximum absolute atomic E-state index is 9.93. The lowest BCUT2D eigenvalue weighted by Gasteiger charge is -2.03. The van der Waals surface area contributed by atoms with Gasteiger partial charge in [0.05, 0.1) is 6.42 Å². The Labute approximate surface area is 60.9 Å². The first-order valence-electron chi connectivity index (χ1n) is 2.56. The lowest BCUT2D eigenvalue weighted by atomic mass is 10.2. The van der Waals surface area contributed by atoms with Crippen LogP contribution in [0.1, 0.15) is 13.3 Å². The number of hydrogen-bond acceptors (Lipinski definition) is 2. The molecule has 0 saturated carbocycles. The number of carbonyl (C=O) groups is 1. The van der Waals surface area contributed by atoms with Crippen molar-refractivity contribution >= 4 is 18.4 Å². The summed E-state index contributed by atoms with van der Waals surface area (Å²) in [6.45, 7) is 1.83. The van der Waals surface area contributed by atoms with E-state index in [0.29, 0.717) is 0 Å². The number of carboxylic acids is 1. The average Bonchev–Trinajstić information content (AvgIpc) is 1.65. The lowest BCUT2D eigenvalue weighted by Crippen LogP contribution is -2.24. The monoisotopic (exact) mass is 153 g/mol. The molecule has 0 aliphatic heterocycles. The Bertz CT molecular complexity index is 87.0. The highest BCUT2D eigenvalue weighted by Gasteiger charge is 2.02. The summed E-state index contributed by atoms with van der Waals surface area (Å²) < 4.78 is 0. The van der Waals surface area contributed by atoms with E-state index in [1.165, 1.54) is 0 Å². The van der Waals surface area contributed by atoms with Crippen LogP contribution in [-0.4, -0.2) is 24.2 Å². The second-order valence-electron chi connectivity index (χ2n) is 1.79. The predicted molar refractivity (Wildman–Crippen MR) is 38.0 cm³/mol. The second-order valence-corrected chi connectivity index (χ2v) is 1.79. The van der Waals surface area contributed by atoms with Crippen LogP contribution in [0.25, 0.3) is 0 Å². The van der Waals surface area contributed by atoms with Gasteiger partial charge >= 0.3 is 5.97 Å². The van der Waals surface area contributed by atoms with Crippen molar-refractivity contribution in [2.75, 3.05) is 7.05 Å². The average molecular weight is 154 g/mol. The number of aliphatic carboxylic acids is 1. The summed E-state index contributed by atoms with van der Waals surface area (Å²) in [6.07, 6.45) is 0.191. The van der Waals surface area contributed by atoms with Gasteiger partial charge in [-0.2, -0.15) is 0 Å². The van der Waals surface area contributed by atoms with Crippen molar-refractivity contribution in [2.45, 2.75) is 19.4 Å². The molecule has 1 atom stereocenters. The van der Waals surface area contributed by atoms with Crippen molar-refractivity contribution in [3.8, 4) is 0 Å². The summed E-state index contributed by atoms with van der Waals surface area (Å²) in [4.78, 5) is 9.93. The number of halogens is 1. The quantitative estimate of drug-likeness (QED) is 0.621. The summed E-state index contributed by atoms with van der Waals surface area (Å²) >= 11 is 0. The van der Waals surface area contributed by atoms with E-state index in [9.17, 15) is 4.79 Å². The molecule has 0 aromatic rings. The molecule has 0 aromatic carbocycles. The number of carboxylic acid groups (broad SMARTS) is 1. The highest BCUT2D eigenvalue weighted by molar-refractivity contribution is 5.85. The van der Waals surface area contributed by atoms with Gasteiger partial charge in [-0.15, -0.1) is 12.4 Å². The molecular formula is C5H12ClNO2. The first kappa shape index (κ1) is 11.5. The van der Waals surface area contributed by atoms with Gasteiger partial charge in [0.15, 0.2) is 0 Å². The summed E-state index contributed by atoms with van der Waals surface area (Å²) in [7, 11) is 1.74. The Morgan fingerprint density at radius 2 is 2.22 bits per heavy atom. The van der Waals surface area contributed by atoms with Crippen molar-refractivity contribution < 1.29 is 9.90 Å². The van der Waals surface area contributed by atoms with Crippen molar-refractivity contribution in [2.24, 2.45) is 0 Å². The van der Waals surface area contributed by atoms with Gasteiger partial charge in [0.2, 0.25) is 0 Å². The Kier molecular flexibility index (Phi) is 7.48. The van der Waals surface area contributed by atoms with Crippen molar-refractivity contribution in [3.63, 3.8) is 0 Å². The maximum Gasteiger partial charge on any atom is 0.304 e. The van der Waals surface area contributed by atoms with Crippen molar-refractivity contribution in [3.05, 3.63) is 0 Å². The molecule has 0 spiro atoms. The standard InChI is InChI=1S/C5H11NO2.ClH/c1-4(6-2)3-5(7)8;/h4,6H,3H2,1-2H3,(H,7,8);1H/t4-;/m0./s1. The first-order valence-corrected chi connectivity index (χ1v) is 2.56. The van der Waals surface area contributed by atoms with Gasteiger partial charge < -0.3 is 10.4 Å². The zero-order chi connectivity index (χ0) is 6.57. The van der Waals surface area contributed by atoms with E-state index in [-0.39, 0.29) is 24.9 Å². The molecule has 0 saturated heterocycles. The molecule has 0 heterocycles. The largest absolute Gasteiger partial charge is 0.481 e. The third-order valence-corrected chi connectivity index (χ3v) is 0.974. The molecule has 0 rings (SSSR count). The second kappa shape index (κ2) is 5.85. The van der Waals surface area contributed by atoms with Crippen molar-refractivity contribution in [1.29, 1.82) is 0 Å². The van der Waals surface area contributed by atoms with E-state index in [0.717, 1.165) is 0 Å². The fourth-order valence-electron chi connectivity index (χ4n) is 0.364. The predicted octanol–water partition coefficient (Wildman–Crippen LogP) is 0.491. The molecule has 0 amide bonds. The molecule has 0 bridgehead atoms. The van der Waals surface area contributed by atoms with Crippen LogP contribution in [0.5, 0.6) is 0 Å². The Balaban J connectivity index is 0. The van der Waals surface area contributed by atoms with Crippen LogP contribution >= 0.6 is 12.4 Å². The highest BCUT2D eigenvalue weighted by Crippen LogP contribution is 1.86. The number of hydrogen-bond donors (Lipinski definition) is 2. The molecule has 2 N–H and O–H groups in total. The Morgan fingerprint density at radius 3 is 2.33 bits per heavy atom. The molecule has 0 aromatic heterocycles. The van der Waals surface area contributed by atoms with E-state index in [2.05, 4.69) is 5.32 Å². The normalized spacial score (nSPS) is 11.8. The fourth-order valence-corrected chi connectivity index (χ4v) is 0.364. The minimum absolute atomic E-state index is 0. The van der Waals surface area contributed by atoms with Gasteiger partial charge in [-0.25, -0.2) is 0 Å². The molecular weight excluding hydrogens is 142 g/mol. The highest BCUT2D eigenvalue weighted by atomic mass is 35.5. The van der Waals surface area contributed by atoms with Crippen molar-refractivity contribution in [1.82, 2.24) is 5.32 Å². The third-order valence-electron chi connectivity index (χ3n) is 0.974. The third kappa shape index (κ3) is 7.72. The topological polar surface area (TPSA) is 49.3 Å². The molecule has 3 nitrogen and oxygen atoms in total. The summed E-state index contributed by atoms with van der Waals surface area (Å²) in [5.41, 5.74) is 0. The van der Waals surface area contributed by atoms with Gasteiger partial charge in [-0.05, 0) is 14.0 Å². The SMILES string of the molecule is CN[C@@H](C)CC(=O)O.Cl. The van der Waals surface area contributed by atoms with Crippen LogP contribution in [0.4, 0.5) is 0 Å². The minimum atomic E-state index is -0.758. The van der Waals surface area contributed by atoms with Gasteiger partial charge in [0.1, 0.15) is 0 Å². The van der Waals surface area contributed by atoms with Crippen LogP contribution < -0.4 is 5.32 Å². The zero-order valence-corrected chi connectivity index (χ0v) is 6.36. The molecule has 0 fully saturated rings. The summed E-state index contributed by atoms with van der Waals surface area (Å²) in [5.74, 6) is -0.758. The minimum Gasteiger partial charge on any atom is -0.481 e. The van der Waals surface area contributed by atoms with E-state index in [1.807, 2.05) is 6.92 Å². The van der Waals surface area contributed by atoms with E-state index in [1.54, 1.807) is 7.05 Å². The van der Waals surface area contributed by atoms with E-state index >= 15 is 0 Å². The van der Waals surface area contributed by atoms with Crippen LogP contribution in [-0.2, 0) is 4.79 Å². The molecule has 0 radical (unpaired) electrons. The van der Waals surface area contributed by atoms with Gasteiger partial charge in [0, 0.05) is 6.04 Å². The molecule has 56 valence electrons. The summed E-state index contributed by atoms with van der Waals surface area (Å²) in [6, 6.07) is 0.0764. The first-order chi connectivity index (χ1) is 3.66. The molecule has 0 unspecified atom stereocenters. The maximum atomic E-state index is 9.93. The molecule has 0 aliphatic carbocycles. The van der Waals surface area contributed by atoms with E-state index in [4.69, 9.17) is 5.11 Å². The van der Waals surface area contributed by atoms with Crippen LogP contribution in [0.15, 0.2) is 0 Å². The van der Waals surface area contributed by atoms with Crippen LogP contribution in [0, 0.1) is 0 Å². The van der Waals surface area contributed by atoms with Crippen LogP contribution in [0.2, 0.25) is 0 Å². The molecule has 4 heteroatoms. The van der Waals surface area contributed by atoms with Gasteiger partial charge in [0.25, 0.3) is 0 Å². The Morgan fingerprint density at radius 1 is 1.78 bits per heavy atom. The lowest BCUT2D eigenvalue weighted by molar-refractivity contribution is -0.137. The van der Waals surface area contributed by atoms with Gasteiger partial charge in [-0.1, -0.05) is 0 Å². The molecule has 0 aliphatic rings. The fraction of sp³-hybridized carbons (Fsp3) is 0.800.